The Morgan fingerprint density at radius 2 is 2.24 bits per heavy atom. The lowest BCUT2D eigenvalue weighted by Crippen LogP contribution is -2.32. The fourth-order valence-electron chi connectivity index (χ4n) is 1.58. The lowest BCUT2D eigenvalue weighted by atomic mass is 10.1. The Morgan fingerprint density at radius 3 is 2.82 bits per heavy atom. The number of benzene rings is 1. The van der Waals surface area contributed by atoms with Crippen molar-refractivity contribution < 1.29 is 9.18 Å². The summed E-state index contributed by atoms with van der Waals surface area (Å²) in [5.74, 6) is -0.665. The van der Waals surface area contributed by atoms with Gasteiger partial charge in [-0.1, -0.05) is 13.0 Å². The van der Waals surface area contributed by atoms with Gasteiger partial charge in [-0.3, -0.25) is 4.79 Å². The van der Waals surface area contributed by atoms with Crippen molar-refractivity contribution in [2.45, 2.75) is 20.3 Å². The first-order valence-corrected chi connectivity index (χ1v) is 5.75. The Labute approximate surface area is 101 Å². The molecule has 1 aromatic carbocycles. The monoisotopic (exact) mass is 238 g/mol. The van der Waals surface area contributed by atoms with E-state index in [2.05, 4.69) is 5.32 Å². The van der Waals surface area contributed by atoms with E-state index in [1.54, 1.807) is 13.0 Å². The fourth-order valence-corrected chi connectivity index (χ4v) is 1.58. The molecule has 1 unspecified atom stereocenters. The van der Waals surface area contributed by atoms with Crippen molar-refractivity contribution in [1.29, 1.82) is 0 Å². The van der Waals surface area contributed by atoms with Crippen LogP contribution in [-0.4, -0.2) is 19.0 Å². The average molecular weight is 238 g/mol. The fraction of sp³-hybridized carbons (Fsp3) is 0.462. The minimum Gasteiger partial charge on any atom is -0.369 e. The summed E-state index contributed by atoms with van der Waals surface area (Å²) in [6.07, 6.45) is 0.817. The zero-order valence-corrected chi connectivity index (χ0v) is 10.3. The molecule has 94 valence electrons. The topological polar surface area (TPSA) is 55.1 Å². The van der Waals surface area contributed by atoms with Crippen LogP contribution in [0.4, 0.5) is 4.39 Å². The van der Waals surface area contributed by atoms with Gasteiger partial charge in [0.25, 0.3) is 0 Å². The van der Waals surface area contributed by atoms with Gasteiger partial charge < -0.3 is 11.1 Å². The number of carbonyl (C=O) groups is 1. The van der Waals surface area contributed by atoms with E-state index in [0.29, 0.717) is 6.54 Å². The van der Waals surface area contributed by atoms with Crippen LogP contribution in [0.3, 0.4) is 0 Å². The van der Waals surface area contributed by atoms with Crippen molar-refractivity contribution >= 4 is 5.91 Å². The summed E-state index contributed by atoms with van der Waals surface area (Å²) in [4.78, 5) is 10.8. The highest BCUT2D eigenvalue weighted by atomic mass is 19.1. The van der Waals surface area contributed by atoms with Gasteiger partial charge in [0.2, 0.25) is 5.91 Å². The second-order valence-corrected chi connectivity index (χ2v) is 4.33. The molecular weight excluding hydrogens is 219 g/mol. The SMILES string of the molecule is Cc1cc(F)ccc1CCNCC(C)C(N)=O. The molecule has 1 atom stereocenters. The minimum absolute atomic E-state index is 0.163. The van der Waals surface area contributed by atoms with Gasteiger partial charge in [0.1, 0.15) is 5.82 Å². The molecule has 0 saturated carbocycles. The predicted molar refractivity (Wildman–Crippen MR) is 66.1 cm³/mol. The van der Waals surface area contributed by atoms with E-state index in [9.17, 15) is 9.18 Å². The van der Waals surface area contributed by atoms with Gasteiger partial charge in [0, 0.05) is 12.5 Å². The van der Waals surface area contributed by atoms with Crippen LogP contribution < -0.4 is 11.1 Å². The first-order chi connectivity index (χ1) is 8.00. The van der Waals surface area contributed by atoms with Crippen LogP contribution in [-0.2, 0) is 11.2 Å². The molecule has 0 fully saturated rings. The van der Waals surface area contributed by atoms with E-state index in [1.165, 1.54) is 12.1 Å². The van der Waals surface area contributed by atoms with Crippen LogP contribution in [0.5, 0.6) is 0 Å². The van der Waals surface area contributed by atoms with Gasteiger partial charge in [-0.15, -0.1) is 0 Å². The highest BCUT2D eigenvalue weighted by molar-refractivity contribution is 5.76. The zero-order valence-electron chi connectivity index (χ0n) is 10.3. The number of halogens is 1. The maximum Gasteiger partial charge on any atom is 0.221 e. The van der Waals surface area contributed by atoms with Crippen molar-refractivity contribution in [3.63, 3.8) is 0 Å². The van der Waals surface area contributed by atoms with Crippen LogP contribution in [0.15, 0.2) is 18.2 Å². The molecule has 4 heteroatoms. The summed E-state index contributed by atoms with van der Waals surface area (Å²) in [6.45, 7) is 5.02. The second-order valence-electron chi connectivity index (χ2n) is 4.33. The predicted octanol–water partition coefficient (Wildman–Crippen LogP) is 1.39. The van der Waals surface area contributed by atoms with Crippen molar-refractivity contribution in [2.24, 2.45) is 11.7 Å². The molecule has 0 bridgehead atoms. The van der Waals surface area contributed by atoms with Crippen molar-refractivity contribution in [1.82, 2.24) is 5.32 Å². The molecule has 0 aromatic heterocycles. The van der Waals surface area contributed by atoms with Gasteiger partial charge in [0.05, 0.1) is 0 Å². The van der Waals surface area contributed by atoms with Crippen molar-refractivity contribution in [2.75, 3.05) is 13.1 Å². The summed E-state index contributed by atoms with van der Waals surface area (Å²) >= 11 is 0. The van der Waals surface area contributed by atoms with E-state index in [1.807, 2.05) is 6.92 Å². The average Bonchev–Trinajstić information content (AvgIpc) is 2.26. The molecule has 3 N–H and O–H groups in total. The van der Waals surface area contributed by atoms with Crippen LogP contribution in [0, 0.1) is 18.7 Å². The molecule has 0 aliphatic rings. The second kappa shape index (κ2) is 6.35. The summed E-state index contributed by atoms with van der Waals surface area (Å²) in [7, 11) is 0. The first kappa shape index (κ1) is 13.6. The van der Waals surface area contributed by atoms with Gasteiger partial charge in [0.15, 0.2) is 0 Å². The third-order valence-electron chi connectivity index (χ3n) is 2.81. The van der Waals surface area contributed by atoms with Crippen LogP contribution in [0.2, 0.25) is 0 Å². The van der Waals surface area contributed by atoms with Crippen LogP contribution in [0.1, 0.15) is 18.1 Å². The molecule has 3 nitrogen and oxygen atoms in total. The Morgan fingerprint density at radius 1 is 1.53 bits per heavy atom. The molecule has 0 aliphatic heterocycles. The van der Waals surface area contributed by atoms with Gasteiger partial charge >= 0.3 is 0 Å². The molecule has 1 amide bonds. The Balaban J connectivity index is 2.34. The number of rotatable bonds is 6. The third kappa shape index (κ3) is 4.53. The Hall–Kier alpha value is -1.42. The van der Waals surface area contributed by atoms with Gasteiger partial charge in [-0.2, -0.15) is 0 Å². The highest BCUT2D eigenvalue weighted by Crippen LogP contribution is 2.10. The molecule has 0 aliphatic carbocycles. The third-order valence-corrected chi connectivity index (χ3v) is 2.81. The summed E-state index contributed by atoms with van der Waals surface area (Å²) in [6, 6.07) is 4.79. The lowest BCUT2D eigenvalue weighted by Gasteiger charge is -2.10. The largest absolute Gasteiger partial charge is 0.369 e. The quantitative estimate of drug-likeness (QED) is 0.736. The highest BCUT2D eigenvalue weighted by Gasteiger charge is 2.07. The number of nitrogens with one attached hydrogen (secondary N) is 1. The van der Waals surface area contributed by atoms with Gasteiger partial charge in [-0.05, 0) is 43.1 Å². The normalized spacial score (nSPS) is 12.4. The van der Waals surface area contributed by atoms with E-state index in [-0.39, 0.29) is 17.6 Å². The molecule has 1 aromatic rings. The van der Waals surface area contributed by atoms with E-state index < -0.39 is 0 Å². The Bertz CT molecular complexity index is 393. The van der Waals surface area contributed by atoms with E-state index in [4.69, 9.17) is 5.73 Å². The van der Waals surface area contributed by atoms with E-state index in [0.717, 1.165) is 24.1 Å². The molecule has 0 heterocycles. The number of primary amides is 1. The minimum atomic E-state index is -0.296. The Kier molecular flexibility index (Phi) is 5.10. The van der Waals surface area contributed by atoms with Crippen LogP contribution >= 0.6 is 0 Å². The smallest absolute Gasteiger partial charge is 0.221 e. The maximum atomic E-state index is 12.9. The number of aryl methyl sites for hydroxylation is 1. The number of amides is 1. The maximum absolute atomic E-state index is 12.9. The lowest BCUT2D eigenvalue weighted by molar-refractivity contribution is -0.121. The number of nitrogens with two attached hydrogens (primary N) is 1. The van der Waals surface area contributed by atoms with Gasteiger partial charge in [-0.25, -0.2) is 4.39 Å². The van der Waals surface area contributed by atoms with Crippen molar-refractivity contribution in [3.8, 4) is 0 Å². The molecule has 1 rings (SSSR count). The number of hydrogen-bond donors (Lipinski definition) is 2. The molecular formula is C13H19FN2O. The molecule has 17 heavy (non-hydrogen) atoms. The number of carbonyl (C=O) groups excluding carboxylic acids is 1. The van der Waals surface area contributed by atoms with Crippen molar-refractivity contribution in [3.05, 3.63) is 35.1 Å². The number of hydrogen-bond acceptors (Lipinski definition) is 2. The van der Waals surface area contributed by atoms with Crippen LogP contribution in [0.25, 0.3) is 0 Å². The zero-order chi connectivity index (χ0) is 12.8. The van der Waals surface area contributed by atoms with E-state index >= 15 is 0 Å². The summed E-state index contributed by atoms with van der Waals surface area (Å²) in [5, 5.41) is 3.16. The standard InChI is InChI=1S/C13H19FN2O/c1-9-7-12(14)4-3-11(9)5-6-16-8-10(2)13(15)17/h3-4,7,10,16H,5-6,8H2,1-2H3,(H2,15,17). The molecule has 0 radical (unpaired) electrons. The summed E-state index contributed by atoms with van der Waals surface area (Å²) < 4.78 is 12.9. The first-order valence-electron chi connectivity index (χ1n) is 5.75. The molecule has 0 spiro atoms. The molecule has 0 saturated heterocycles. The summed E-state index contributed by atoms with van der Waals surface area (Å²) in [5.41, 5.74) is 7.22.